The summed E-state index contributed by atoms with van der Waals surface area (Å²) >= 11 is 1.57. The van der Waals surface area contributed by atoms with E-state index < -0.39 is 0 Å². The number of allylic oxidation sites excluding steroid dienone is 2. The molecule has 1 rings (SSSR count). The van der Waals surface area contributed by atoms with E-state index in [1.165, 1.54) is 10.5 Å². The molecule has 0 spiro atoms. The van der Waals surface area contributed by atoms with Gasteiger partial charge < -0.3 is 4.57 Å². The Morgan fingerprint density at radius 2 is 2.07 bits per heavy atom. The van der Waals surface area contributed by atoms with Crippen LogP contribution in [0.5, 0.6) is 0 Å². The second-order valence-electron chi connectivity index (χ2n) is 5.08. The predicted octanol–water partition coefficient (Wildman–Crippen LogP) is 3.29. The van der Waals surface area contributed by atoms with Crippen molar-refractivity contribution in [1.29, 1.82) is 5.41 Å². The number of hydrogen-bond acceptors (Lipinski definition) is 2. The lowest BCUT2D eigenvalue weighted by Gasteiger charge is -2.14. The van der Waals surface area contributed by atoms with Gasteiger partial charge >= 0.3 is 0 Å². The van der Waals surface area contributed by atoms with Crippen molar-refractivity contribution in [3.8, 4) is 0 Å². The first kappa shape index (κ1) is 12.2. The van der Waals surface area contributed by atoms with Crippen LogP contribution < -0.4 is 4.80 Å². The maximum absolute atomic E-state index is 7.87. The molecule has 0 saturated carbocycles. The molecule has 0 unspecified atom stereocenters. The third-order valence-corrected chi connectivity index (χ3v) is 3.54. The van der Waals surface area contributed by atoms with Crippen molar-refractivity contribution in [2.45, 2.75) is 46.6 Å². The van der Waals surface area contributed by atoms with Gasteiger partial charge in [-0.15, -0.1) is 11.3 Å². The highest BCUT2D eigenvalue weighted by atomic mass is 32.1. The summed E-state index contributed by atoms with van der Waals surface area (Å²) in [5.41, 5.74) is 1.45. The van der Waals surface area contributed by atoms with E-state index in [2.05, 4.69) is 46.9 Å². The van der Waals surface area contributed by atoms with Crippen LogP contribution in [0.4, 0.5) is 0 Å². The van der Waals surface area contributed by atoms with Crippen molar-refractivity contribution in [2.24, 2.45) is 0 Å². The zero-order valence-electron chi connectivity index (χ0n) is 10.2. The van der Waals surface area contributed by atoms with E-state index in [0.717, 1.165) is 6.54 Å². The normalized spacial score (nSPS) is 11.5. The Morgan fingerprint density at radius 3 is 2.47 bits per heavy atom. The minimum Gasteiger partial charge on any atom is -0.320 e. The Balaban J connectivity index is 2.98. The average Bonchev–Trinajstić information content (AvgIpc) is 2.42. The summed E-state index contributed by atoms with van der Waals surface area (Å²) in [6.07, 6.45) is 4.25. The lowest BCUT2D eigenvalue weighted by molar-refractivity contribution is 0.597. The fourth-order valence-electron chi connectivity index (χ4n) is 1.15. The molecule has 84 valence electrons. The Morgan fingerprint density at radius 1 is 1.47 bits per heavy atom. The van der Waals surface area contributed by atoms with E-state index >= 15 is 0 Å². The first-order chi connectivity index (χ1) is 6.80. The smallest absolute Gasteiger partial charge is 0.182 e. The lowest BCUT2D eigenvalue weighted by atomic mass is 9.95. The molecule has 0 saturated heterocycles. The van der Waals surface area contributed by atoms with Crippen LogP contribution in [0.25, 0.3) is 0 Å². The van der Waals surface area contributed by atoms with Gasteiger partial charge in [0.2, 0.25) is 0 Å². The number of thiazole rings is 1. The maximum atomic E-state index is 7.87. The number of nitrogens with zero attached hydrogens (tertiary/aromatic N) is 1. The Kier molecular flexibility index (Phi) is 3.55. The predicted molar refractivity (Wildman–Crippen MR) is 66.3 cm³/mol. The monoisotopic (exact) mass is 224 g/mol. The molecular weight excluding hydrogens is 204 g/mol. The molecular formula is C12H20N2S. The van der Waals surface area contributed by atoms with Crippen LogP contribution >= 0.6 is 11.3 Å². The summed E-state index contributed by atoms with van der Waals surface area (Å²) in [5, 5.41) is 7.87. The van der Waals surface area contributed by atoms with Crippen molar-refractivity contribution >= 4 is 11.3 Å². The van der Waals surface area contributed by atoms with Gasteiger partial charge in [0.05, 0.1) is 0 Å². The molecule has 0 aliphatic heterocycles. The lowest BCUT2D eigenvalue weighted by Crippen LogP contribution is -2.11. The minimum absolute atomic E-state index is 0.149. The van der Waals surface area contributed by atoms with Crippen LogP contribution in [0.2, 0.25) is 0 Å². The molecule has 0 amide bonds. The molecule has 0 radical (unpaired) electrons. The Hall–Kier alpha value is -0.830. The first-order valence-electron chi connectivity index (χ1n) is 5.19. The SMILES string of the molecule is CC(C)=CCn1cc(C(C)(C)C)sc1=N. The van der Waals surface area contributed by atoms with Gasteiger partial charge in [-0.25, -0.2) is 0 Å². The van der Waals surface area contributed by atoms with Gasteiger partial charge in [-0.2, -0.15) is 0 Å². The molecule has 3 heteroatoms. The molecule has 2 nitrogen and oxygen atoms in total. The molecule has 0 aliphatic rings. The van der Waals surface area contributed by atoms with E-state index in [4.69, 9.17) is 5.41 Å². The molecule has 1 N–H and O–H groups in total. The number of aromatic nitrogens is 1. The third kappa shape index (κ3) is 3.34. The largest absolute Gasteiger partial charge is 0.320 e. The van der Waals surface area contributed by atoms with E-state index in [1.54, 1.807) is 11.3 Å². The van der Waals surface area contributed by atoms with E-state index in [9.17, 15) is 0 Å². The van der Waals surface area contributed by atoms with Gasteiger partial charge in [0, 0.05) is 17.6 Å². The Bertz CT molecular complexity index is 412. The van der Waals surface area contributed by atoms with E-state index in [0.29, 0.717) is 4.80 Å². The second kappa shape index (κ2) is 4.35. The first-order valence-corrected chi connectivity index (χ1v) is 6.01. The fraction of sp³-hybridized carbons (Fsp3) is 0.583. The topological polar surface area (TPSA) is 28.8 Å². The van der Waals surface area contributed by atoms with E-state index in [1.807, 2.05) is 4.57 Å². The van der Waals surface area contributed by atoms with Gasteiger partial charge in [-0.05, 0) is 19.3 Å². The van der Waals surface area contributed by atoms with Crippen LogP contribution in [0.1, 0.15) is 39.5 Å². The molecule has 1 aromatic heterocycles. The van der Waals surface area contributed by atoms with Gasteiger partial charge in [-0.3, -0.25) is 5.41 Å². The number of rotatable bonds is 2. The maximum Gasteiger partial charge on any atom is 0.182 e. The minimum atomic E-state index is 0.149. The standard InChI is InChI=1S/C12H20N2S/c1-9(2)6-7-14-8-10(12(3,4)5)15-11(14)13/h6,8,13H,7H2,1-5H3. The van der Waals surface area contributed by atoms with Crippen LogP contribution in [-0.4, -0.2) is 4.57 Å². The Labute approximate surface area is 95.8 Å². The summed E-state index contributed by atoms with van der Waals surface area (Å²) in [6, 6.07) is 0. The van der Waals surface area contributed by atoms with Crippen molar-refractivity contribution in [3.05, 3.63) is 27.5 Å². The van der Waals surface area contributed by atoms with Crippen LogP contribution in [0.15, 0.2) is 17.8 Å². The quantitative estimate of drug-likeness (QED) is 0.747. The van der Waals surface area contributed by atoms with Gasteiger partial charge in [0.15, 0.2) is 4.80 Å². The molecule has 0 atom stereocenters. The summed E-state index contributed by atoms with van der Waals surface area (Å²) in [4.78, 5) is 1.91. The van der Waals surface area contributed by atoms with Crippen LogP contribution in [0, 0.1) is 5.41 Å². The zero-order valence-corrected chi connectivity index (χ0v) is 11.0. The highest BCUT2D eigenvalue weighted by Gasteiger charge is 2.16. The summed E-state index contributed by atoms with van der Waals surface area (Å²) in [6.45, 7) is 11.5. The van der Waals surface area contributed by atoms with Crippen molar-refractivity contribution in [1.82, 2.24) is 4.57 Å². The van der Waals surface area contributed by atoms with Crippen molar-refractivity contribution in [3.63, 3.8) is 0 Å². The van der Waals surface area contributed by atoms with Gasteiger partial charge in [0.25, 0.3) is 0 Å². The van der Waals surface area contributed by atoms with Crippen LogP contribution in [0.3, 0.4) is 0 Å². The summed E-state index contributed by atoms with van der Waals surface area (Å²) in [5.74, 6) is 0. The van der Waals surface area contributed by atoms with Gasteiger partial charge in [0.1, 0.15) is 0 Å². The van der Waals surface area contributed by atoms with Crippen molar-refractivity contribution < 1.29 is 0 Å². The average molecular weight is 224 g/mol. The second-order valence-corrected chi connectivity index (χ2v) is 6.12. The van der Waals surface area contributed by atoms with Crippen LogP contribution in [-0.2, 0) is 12.0 Å². The highest BCUT2D eigenvalue weighted by molar-refractivity contribution is 7.09. The molecule has 0 fully saturated rings. The third-order valence-electron chi connectivity index (χ3n) is 2.18. The highest BCUT2D eigenvalue weighted by Crippen LogP contribution is 2.24. The molecule has 1 heterocycles. The molecule has 1 aromatic rings. The number of hydrogen-bond donors (Lipinski definition) is 1. The molecule has 0 aromatic carbocycles. The molecule has 15 heavy (non-hydrogen) atoms. The van der Waals surface area contributed by atoms with Gasteiger partial charge in [-0.1, -0.05) is 32.4 Å². The molecule has 0 aliphatic carbocycles. The molecule has 0 bridgehead atoms. The summed E-state index contributed by atoms with van der Waals surface area (Å²) in [7, 11) is 0. The summed E-state index contributed by atoms with van der Waals surface area (Å²) < 4.78 is 2.00. The number of nitrogens with one attached hydrogen (secondary N) is 1. The fourth-order valence-corrected chi connectivity index (χ4v) is 2.09. The van der Waals surface area contributed by atoms with E-state index in [-0.39, 0.29) is 5.41 Å². The van der Waals surface area contributed by atoms with Crippen molar-refractivity contribution in [2.75, 3.05) is 0 Å². The zero-order chi connectivity index (χ0) is 11.6.